The van der Waals surface area contributed by atoms with Crippen LogP contribution in [0, 0.1) is 10.1 Å². The van der Waals surface area contributed by atoms with Crippen molar-refractivity contribution in [3.05, 3.63) is 52.3 Å². The molecule has 10 heteroatoms. The van der Waals surface area contributed by atoms with E-state index >= 15 is 0 Å². The molecule has 32 heavy (non-hydrogen) atoms. The van der Waals surface area contributed by atoms with Crippen molar-refractivity contribution in [2.75, 3.05) is 39.3 Å². The Morgan fingerprint density at radius 1 is 1.00 bits per heavy atom. The zero-order valence-corrected chi connectivity index (χ0v) is 18.2. The average molecular weight is 441 g/mol. The molecule has 0 aliphatic carbocycles. The lowest BCUT2D eigenvalue weighted by atomic mass is 10.1. The summed E-state index contributed by atoms with van der Waals surface area (Å²) in [5.41, 5.74) is 0.783. The maximum Gasteiger partial charge on any atom is 0.274 e. The molecule has 2 aromatic rings. The van der Waals surface area contributed by atoms with E-state index in [0.717, 1.165) is 25.9 Å². The van der Waals surface area contributed by atoms with Gasteiger partial charge in [0.2, 0.25) is 5.91 Å². The maximum absolute atomic E-state index is 12.9. The summed E-state index contributed by atoms with van der Waals surface area (Å²) in [6, 6.07) is 7.56. The van der Waals surface area contributed by atoms with Crippen molar-refractivity contribution >= 4 is 17.5 Å². The first kappa shape index (κ1) is 21.9. The second kappa shape index (κ2) is 9.47. The van der Waals surface area contributed by atoms with Crippen molar-refractivity contribution in [3.63, 3.8) is 0 Å². The third-order valence-electron chi connectivity index (χ3n) is 6.29. The number of hydrogen-bond donors (Lipinski definition) is 0. The maximum atomic E-state index is 12.9. The molecule has 2 saturated heterocycles. The summed E-state index contributed by atoms with van der Waals surface area (Å²) >= 11 is 0. The molecule has 0 saturated carbocycles. The molecule has 2 aliphatic rings. The van der Waals surface area contributed by atoms with Crippen LogP contribution in [0.25, 0.3) is 5.69 Å². The lowest BCUT2D eigenvalue weighted by Crippen LogP contribution is -2.56. The van der Waals surface area contributed by atoms with Crippen LogP contribution in [0.4, 0.5) is 5.69 Å². The molecule has 1 aromatic carbocycles. The summed E-state index contributed by atoms with van der Waals surface area (Å²) in [5.74, 6) is 0.00372. The minimum absolute atomic E-state index is 0.0322. The van der Waals surface area contributed by atoms with Gasteiger partial charge in [0.05, 0.1) is 16.7 Å². The summed E-state index contributed by atoms with van der Waals surface area (Å²) in [7, 11) is 0. The Bertz CT molecular complexity index is 992. The van der Waals surface area contributed by atoms with E-state index in [0.29, 0.717) is 37.6 Å². The van der Waals surface area contributed by atoms with Crippen LogP contribution in [-0.4, -0.2) is 86.5 Å². The molecule has 2 amide bonds. The van der Waals surface area contributed by atoms with E-state index in [1.165, 1.54) is 23.2 Å². The normalized spacial score (nSPS) is 18.4. The number of carbonyl (C=O) groups is 2. The van der Waals surface area contributed by atoms with Crippen molar-refractivity contribution in [1.29, 1.82) is 0 Å². The van der Waals surface area contributed by atoms with Gasteiger partial charge >= 0.3 is 0 Å². The average Bonchev–Trinajstić information content (AvgIpc) is 3.34. The SMILES string of the molecule is CC(C(=O)N1CCCCC1)N1CCN(C(=O)c2ccn(-c3cccc([N+](=O)[O-])c3)n2)CC1. The van der Waals surface area contributed by atoms with Gasteiger partial charge in [-0.2, -0.15) is 5.10 Å². The highest BCUT2D eigenvalue weighted by molar-refractivity contribution is 5.92. The number of likely N-dealkylation sites (tertiary alicyclic amines) is 1. The molecular weight excluding hydrogens is 412 g/mol. The number of rotatable bonds is 5. The Kier molecular flexibility index (Phi) is 6.50. The van der Waals surface area contributed by atoms with Crippen LogP contribution >= 0.6 is 0 Å². The van der Waals surface area contributed by atoms with Crippen molar-refractivity contribution in [2.24, 2.45) is 0 Å². The van der Waals surface area contributed by atoms with Crippen LogP contribution in [0.3, 0.4) is 0 Å². The second-order valence-corrected chi connectivity index (χ2v) is 8.31. The molecule has 3 heterocycles. The number of carbonyl (C=O) groups excluding carboxylic acids is 2. The van der Waals surface area contributed by atoms with Gasteiger partial charge in [-0.25, -0.2) is 4.68 Å². The van der Waals surface area contributed by atoms with E-state index in [1.807, 2.05) is 11.8 Å². The van der Waals surface area contributed by atoms with Gasteiger partial charge in [-0.15, -0.1) is 0 Å². The Labute approximate surface area is 186 Å². The monoisotopic (exact) mass is 440 g/mol. The van der Waals surface area contributed by atoms with Gasteiger partial charge in [0.25, 0.3) is 11.6 Å². The first-order chi connectivity index (χ1) is 15.4. The molecule has 4 rings (SSSR count). The molecule has 0 radical (unpaired) electrons. The highest BCUT2D eigenvalue weighted by Gasteiger charge is 2.31. The molecule has 1 aromatic heterocycles. The molecule has 10 nitrogen and oxygen atoms in total. The van der Waals surface area contributed by atoms with Gasteiger partial charge in [0.1, 0.15) is 0 Å². The number of non-ortho nitro benzene ring substituents is 1. The van der Waals surface area contributed by atoms with Crippen molar-refractivity contribution < 1.29 is 14.5 Å². The number of piperazine rings is 1. The summed E-state index contributed by atoms with van der Waals surface area (Å²) in [5, 5.41) is 15.3. The third-order valence-corrected chi connectivity index (χ3v) is 6.29. The number of nitro groups is 1. The number of benzene rings is 1. The van der Waals surface area contributed by atoms with Crippen LogP contribution < -0.4 is 0 Å². The zero-order chi connectivity index (χ0) is 22.7. The number of nitrogens with zero attached hydrogens (tertiary/aromatic N) is 6. The molecule has 2 fully saturated rings. The van der Waals surface area contributed by atoms with Gasteiger partial charge in [0, 0.05) is 57.6 Å². The Morgan fingerprint density at radius 2 is 1.72 bits per heavy atom. The molecule has 170 valence electrons. The Hall–Kier alpha value is -3.27. The number of hydrogen-bond acceptors (Lipinski definition) is 6. The van der Waals surface area contributed by atoms with E-state index in [9.17, 15) is 19.7 Å². The summed E-state index contributed by atoms with van der Waals surface area (Å²) in [6.07, 6.45) is 4.96. The van der Waals surface area contributed by atoms with E-state index in [4.69, 9.17) is 0 Å². The highest BCUT2D eigenvalue weighted by atomic mass is 16.6. The van der Waals surface area contributed by atoms with Crippen molar-refractivity contribution in [1.82, 2.24) is 24.5 Å². The zero-order valence-electron chi connectivity index (χ0n) is 18.2. The summed E-state index contributed by atoms with van der Waals surface area (Å²) in [6.45, 7) is 5.97. The molecular formula is C22H28N6O4. The fourth-order valence-electron chi connectivity index (χ4n) is 4.34. The largest absolute Gasteiger partial charge is 0.341 e. The van der Waals surface area contributed by atoms with Gasteiger partial charge in [-0.3, -0.25) is 24.6 Å². The molecule has 1 atom stereocenters. The van der Waals surface area contributed by atoms with E-state index < -0.39 is 4.92 Å². The van der Waals surface area contributed by atoms with Crippen LogP contribution in [0.2, 0.25) is 0 Å². The predicted octanol–water partition coefficient (Wildman–Crippen LogP) is 1.94. The molecule has 0 bridgehead atoms. The van der Waals surface area contributed by atoms with Crippen molar-refractivity contribution in [2.45, 2.75) is 32.2 Å². The Morgan fingerprint density at radius 3 is 2.41 bits per heavy atom. The number of aromatic nitrogens is 2. The smallest absolute Gasteiger partial charge is 0.274 e. The van der Waals surface area contributed by atoms with Crippen molar-refractivity contribution in [3.8, 4) is 5.69 Å². The first-order valence-electron chi connectivity index (χ1n) is 11.1. The minimum Gasteiger partial charge on any atom is -0.341 e. The fourth-order valence-corrected chi connectivity index (χ4v) is 4.34. The third kappa shape index (κ3) is 4.64. The predicted molar refractivity (Wildman–Crippen MR) is 118 cm³/mol. The summed E-state index contributed by atoms with van der Waals surface area (Å²) < 4.78 is 1.47. The highest BCUT2D eigenvalue weighted by Crippen LogP contribution is 2.18. The van der Waals surface area contributed by atoms with E-state index in [1.54, 1.807) is 29.3 Å². The number of nitro benzene ring substituents is 1. The first-order valence-corrected chi connectivity index (χ1v) is 11.1. The van der Waals surface area contributed by atoms with Crippen LogP contribution in [-0.2, 0) is 4.79 Å². The molecule has 0 N–H and O–H groups in total. The molecule has 0 spiro atoms. The number of piperidine rings is 1. The van der Waals surface area contributed by atoms with E-state index in [-0.39, 0.29) is 23.5 Å². The quantitative estimate of drug-likeness (QED) is 0.520. The molecule has 1 unspecified atom stereocenters. The van der Waals surface area contributed by atoms with Crippen LogP contribution in [0.5, 0.6) is 0 Å². The van der Waals surface area contributed by atoms with Gasteiger partial charge < -0.3 is 9.80 Å². The van der Waals surface area contributed by atoms with Gasteiger partial charge in [0.15, 0.2) is 5.69 Å². The van der Waals surface area contributed by atoms with Gasteiger partial charge in [-0.1, -0.05) is 6.07 Å². The van der Waals surface area contributed by atoms with E-state index in [2.05, 4.69) is 10.00 Å². The van der Waals surface area contributed by atoms with Crippen LogP contribution in [0.15, 0.2) is 36.5 Å². The lowest BCUT2D eigenvalue weighted by molar-refractivity contribution is -0.384. The second-order valence-electron chi connectivity index (χ2n) is 8.31. The topological polar surface area (TPSA) is 105 Å². The fraction of sp³-hybridized carbons (Fsp3) is 0.500. The van der Waals surface area contributed by atoms with Gasteiger partial charge in [-0.05, 0) is 38.3 Å². The Balaban J connectivity index is 1.35. The lowest BCUT2D eigenvalue weighted by Gasteiger charge is -2.39. The standard InChI is InChI=1S/C22H28N6O4/c1-17(21(29)25-9-3-2-4-10-25)24-12-14-26(15-13-24)22(30)20-8-11-27(23-20)18-6-5-7-19(16-18)28(31)32/h5-8,11,16-17H,2-4,9-10,12-15H2,1H3. The van der Waals surface area contributed by atoms with Crippen LogP contribution in [0.1, 0.15) is 36.7 Å². The molecule has 2 aliphatic heterocycles. The number of amides is 2. The summed E-state index contributed by atoms with van der Waals surface area (Å²) in [4.78, 5) is 42.1. The minimum atomic E-state index is -0.463.